The Morgan fingerprint density at radius 3 is 2.33 bits per heavy atom. The Hall–Kier alpha value is -2.03. The highest BCUT2D eigenvalue weighted by Gasteiger charge is 2.30. The average molecular weight is 493 g/mol. The first-order chi connectivity index (χ1) is 15.7. The van der Waals surface area contributed by atoms with Crippen LogP contribution in [-0.4, -0.2) is 76.1 Å². The summed E-state index contributed by atoms with van der Waals surface area (Å²) in [4.78, 5) is 33.0. The van der Waals surface area contributed by atoms with Crippen LogP contribution in [0.4, 0.5) is 4.79 Å². The first kappa shape index (κ1) is 24.1. The minimum Gasteiger partial charge on any atom is -0.444 e. The molecule has 0 saturated carbocycles. The van der Waals surface area contributed by atoms with E-state index >= 15 is 0 Å². The van der Waals surface area contributed by atoms with Gasteiger partial charge in [-0.1, -0.05) is 11.6 Å². The van der Waals surface area contributed by atoms with Crippen molar-refractivity contribution in [1.82, 2.24) is 19.3 Å². The minimum atomic E-state index is -0.491. The molecule has 2 aromatic heterocycles. The first-order valence-electron chi connectivity index (χ1n) is 11.6. The molecule has 0 aromatic carbocycles. The molecule has 0 atom stereocenters. The number of halogens is 1. The molecule has 33 heavy (non-hydrogen) atoms. The number of thiophene rings is 1. The van der Waals surface area contributed by atoms with Gasteiger partial charge in [0.25, 0.3) is 5.91 Å². The second-order valence-corrected chi connectivity index (χ2v) is 11.6. The Morgan fingerprint density at radius 2 is 1.73 bits per heavy atom. The zero-order valence-corrected chi connectivity index (χ0v) is 21.2. The summed E-state index contributed by atoms with van der Waals surface area (Å²) in [6.07, 6.45) is 3.36. The van der Waals surface area contributed by atoms with Gasteiger partial charge in [-0.05, 0) is 57.9 Å². The number of hydrogen-bond donors (Lipinski definition) is 0. The molecule has 2 aromatic rings. The Labute approximate surface area is 204 Å². The van der Waals surface area contributed by atoms with E-state index in [-0.39, 0.29) is 18.0 Å². The second-order valence-electron chi connectivity index (χ2n) is 9.77. The number of likely N-dealkylation sites (tertiary alicyclic amines) is 1. The SMILES string of the molecule is CC(C)(C)OC(=O)N1CCC(n2cccc2C(=O)N2CCN(Cc3ccc(Cl)s3)CC2)CC1. The van der Waals surface area contributed by atoms with Gasteiger partial charge in [0, 0.05) is 62.9 Å². The molecule has 9 heteroatoms. The van der Waals surface area contributed by atoms with Crippen LogP contribution < -0.4 is 0 Å². The second kappa shape index (κ2) is 10.1. The van der Waals surface area contributed by atoms with Crippen molar-refractivity contribution in [1.29, 1.82) is 0 Å². The van der Waals surface area contributed by atoms with Crippen molar-refractivity contribution in [2.75, 3.05) is 39.3 Å². The molecule has 0 N–H and O–H groups in total. The maximum atomic E-state index is 13.3. The predicted molar refractivity (Wildman–Crippen MR) is 131 cm³/mol. The lowest BCUT2D eigenvalue weighted by Crippen LogP contribution is -2.48. The topological polar surface area (TPSA) is 58.0 Å². The fourth-order valence-electron chi connectivity index (χ4n) is 4.47. The van der Waals surface area contributed by atoms with Crippen LogP contribution in [0.5, 0.6) is 0 Å². The molecule has 2 saturated heterocycles. The average Bonchev–Trinajstić information content (AvgIpc) is 3.42. The molecule has 4 heterocycles. The monoisotopic (exact) mass is 492 g/mol. The van der Waals surface area contributed by atoms with E-state index in [1.54, 1.807) is 16.2 Å². The van der Waals surface area contributed by atoms with Crippen molar-refractivity contribution < 1.29 is 14.3 Å². The number of carbonyl (C=O) groups is 2. The van der Waals surface area contributed by atoms with Crippen molar-refractivity contribution in [2.24, 2.45) is 0 Å². The summed E-state index contributed by atoms with van der Waals surface area (Å²) in [7, 11) is 0. The van der Waals surface area contributed by atoms with Crippen LogP contribution in [0.1, 0.15) is 55.0 Å². The summed E-state index contributed by atoms with van der Waals surface area (Å²) in [6.45, 7) is 11.0. The molecular formula is C24H33ClN4O3S. The van der Waals surface area contributed by atoms with Gasteiger partial charge in [0.05, 0.1) is 4.34 Å². The first-order valence-corrected chi connectivity index (χ1v) is 12.8. The van der Waals surface area contributed by atoms with E-state index in [9.17, 15) is 9.59 Å². The molecule has 180 valence electrons. The molecule has 0 unspecified atom stereocenters. The van der Waals surface area contributed by atoms with Gasteiger partial charge in [-0.15, -0.1) is 11.3 Å². The molecule has 2 aliphatic rings. The summed E-state index contributed by atoms with van der Waals surface area (Å²) in [5, 5.41) is 0. The maximum absolute atomic E-state index is 13.3. The van der Waals surface area contributed by atoms with Gasteiger partial charge in [0.1, 0.15) is 11.3 Å². The highest BCUT2D eigenvalue weighted by molar-refractivity contribution is 7.16. The van der Waals surface area contributed by atoms with Crippen LogP contribution in [0.3, 0.4) is 0 Å². The Kier molecular flexibility index (Phi) is 7.36. The normalized spacial score (nSPS) is 18.5. The third-order valence-electron chi connectivity index (χ3n) is 6.18. The molecule has 0 aliphatic carbocycles. The molecule has 0 bridgehead atoms. The summed E-state index contributed by atoms with van der Waals surface area (Å²) >= 11 is 7.66. The van der Waals surface area contributed by atoms with E-state index in [1.807, 2.05) is 50.1 Å². The highest BCUT2D eigenvalue weighted by Crippen LogP contribution is 2.27. The van der Waals surface area contributed by atoms with Crippen molar-refractivity contribution in [2.45, 2.75) is 51.8 Å². The Bertz CT molecular complexity index is 967. The van der Waals surface area contributed by atoms with E-state index in [0.29, 0.717) is 13.1 Å². The van der Waals surface area contributed by atoms with Gasteiger partial charge in [0.15, 0.2) is 0 Å². The molecular weight excluding hydrogens is 460 g/mol. The third kappa shape index (κ3) is 6.11. The molecule has 7 nitrogen and oxygen atoms in total. The number of nitrogens with zero attached hydrogens (tertiary/aromatic N) is 4. The summed E-state index contributed by atoms with van der Waals surface area (Å²) in [5.74, 6) is 0.0911. The van der Waals surface area contributed by atoms with E-state index in [2.05, 4.69) is 15.5 Å². The zero-order chi connectivity index (χ0) is 23.6. The molecule has 0 radical (unpaired) electrons. The van der Waals surface area contributed by atoms with Crippen LogP contribution in [0.25, 0.3) is 0 Å². The quantitative estimate of drug-likeness (QED) is 0.619. The number of rotatable bonds is 4. The van der Waals surface area contributed by atoms with Gasteiger partial charge < -0.3 is 19.1 Å². The van der Waals surface area contributed by atoms with E-state index in [0.717, 1.165) is 55.6 Å². The standard InChI is InChI=1S/C24H33ClN4O3S/c1-24(2,3)32-23(31)28-11-8-18(9-12-28)29-10-4-5-20(29)22(30)27-15-13-26(14-16-27)17-19-6-7-21(25)33-19/h4-7,10,18H,8-9,11-17H2,1-3H3. The summed E-state index contributed by atoms with van der Waals surface area (Å²) in [5.41, 5.74) is 0.249. The molecule has 2 fully saturated rings. The molecule has 2 aliphatic heterocycles. The minimum absolute atomic E-state index is 0.0911. The summed E-state index contributed by atoms with van der Waals surface area (Å²) < 4.78 is 8.42. The van der Waals surface area contributed by atoms with E-state index < -0.39 is 5.60 Å². The number of ether oxygens (including phenoxy) is 1. The third-order valence-corrected chi connectivity index (χ3v) is 7.39. The Morgan fingerprint density at radius 1 is 1.03 bits per heavy atom. The van der Waals surface area contributed by atoms with E-state index in [1.165, 1.54) is 4.88 Å². The summed E-state index contributed by atoms with van der Waals surface area (Å²) in [6, 6.07) is 8.09. The highest BCUT2D eigenvalue weighted by atomic mass is 35.5. The molecule has 0 spiro atoms. The number of piperazine rings is 1. The lowest BCUT2D eigenvalue weighted by molar-refractivity contribution is 0.0186. The number of hydrogen-bond acceptors (Lipinski definition) is 5. The van der Waals surface area contributed by atoms with E-state index in [4.69, 9.17) is 16.3 Å². The molecule has 4 rings (SSSR count). The van der Waals surface area contributed by atoms with Crippen LogP contribution in [-0.2, 0) is 11.3 Å². The van der Waals surface area contributed by atoms with Crippen LogP contribution in [0.2, 0.25) is 4.34 Å². The van der Waals surface area contributed by atoms with Crippen molar-refractivity contribution >= 4 is 34.9 Å². The Balaban J connectivity index is 1.30. The van der Waals surface area contributed by atoms with Crippen molar-refractivity contribution in [3.05, 3.63) is 45.4 Å². The van der Waals surface area contributed by atoms with Gasteiger partial charge in [-0.3, -0.25) is 9.69 Å². The van der Waals surface area contributed by atoms with Gasteiger partial charge in [-0.25, -0.2) is 4.79 Å². The fraction of sp³-hybridized carbons (Fsp3) is 0.583. The van der Waals surface area contributed by atoms with Crippen LogP contribution >= 0.6 is 22.9 Å². The van der Waals surface area contributed by atoms with Gasteiger partial charge in [0.2, 0.25) is 0 Å². The zero-order valence-electron chi connectivity index (χ0n) is 19.6. The van der Waals surface area contributed by atoms with Gasteiger partial charge in [-0.2, -0.15) is 0 Å². The smallest absolute Gasteiger partial charge is 0.410 e. The molecule has 2 amide bonds. The predicted octanol–water partition coefficient (Wildman–Crippen LogP) is 4.73. The lowest BCUT2D eigenvalue weighted by atomic mass is 10.0. The largest absolute Gasteiger partial charge is 0.444 e. The maximum Gasteiger partial charge on any atom is 0.410 e. The van der Waals surface area contributed by atoms with Crippen LogP contribution in [0, 0.1) is 0 Å². The van der Waals surface area contributed by atoms with Crippen LogP contribution in [0.15, 0.2) is 30.5 Å². The van der Waals surface area contributed by atoms with Gasteiger partial charge >= 0.3 is 6.09 Å². The number of aromatic nitrogens is 1. The lowest BCUT2D eigenvalue weighted by Gasteiger charge is -2.36. The fourth-order valence-corrected chi connectivity index (χ4v) is 5.60. The van der Waals surface area contributed by atoms with Crippen molar-refractivity contribution in [3.63, 3.8) is 0 Å². The number of piperidine rings is 1. The number of amides is 2. The van der Waals surface area contributed by atoms with Crippen molar-refractivity contribution in [3.8, 4) is 0 Å². The number of carbonyl (C=O) groups excluding carboxylic acids is 2.